The van der Waals surface area contributed by atoms with Gasteiger partial charge in [0.25, 0.3) is 5.91 Å². The number of para-hydroxylation sites is 1. The molecule has 2 aromatic carbocycles. The lowest BCUT2D eigenvalue weighted by Crippen LogP contribution is -2.40. The highest BCUT2D eigenvalue weighted by Crippen LogP contribution is 2.41. The van der Waals surface area contributed by atoms with E-state index in [4.69, 9.17) is 9.15 Å². The van der Waals surface area contributed by atoms with Crippen molar-refractivity contribution in [1.29, 1.82) is 0 Å². The van der Waals surface area contributed by atoms with Gasteiger partial charge in [-0.3, -0.25) is 9.59 Å². The molecule has 0 radical (unpaired) electrons. The van der Waals surface area contributed by atoms with E-state index in [1.165, 1.54) is 4.90 Å². The predicted molar refractivity (Wildman–Crippen MR) is 120 cm³/mol. The highest BCUT2D eigenvalue weighted by Gasteiger charge is 2.48. The summed E-state index contributed by atoms with van der Waals surface area (Å²) >= 11 is 0. The van der Waals surface area contributed by atoms with Gasteiger partial charge in [0.05, 0.1) is 35.1 Å². The molecule has 32 heavy (non-hydrogen) atoms. The third-order valence-corrected chi connectivity index (χ3v) is 7.83. The zero-order valence-electron chi connectivity index (χ0n) is 17.6. The second-order valence-electron chi connectivity index (χ2n) is 8.26. The monoisotopic (exact) mass is 453 g/mol. The molecule has 5 rings (SSSR count). The fourth-order valence-electron chi connectivity index (χ4n) is 4.60. The third-order valence-electron chi connectivity index (χ3n) is 6.08. The number of hydrogen-bond donors (Lipinski definition) is 0. The molecular weight excluding hydrogens is 430 g/mol. The van der Waals surface area contributed by atoms with Crippen molar-refractivity contribution >= 4 is 26.7 Å². The Morgan fingerprint density at radius 1 is 1.09 bits per heavy atom. The molecule has 1 aromatic heterocycles. The van der Waals surface area contributed by atoms with E-state index in [-0.39, 0.29) is 28.3 Å². The Morgan fingerprint density at radius 3 is 2.53 bits per heavy atom. The van der Waals surface area contributed by atoms with E-state index in [1.54, 1.807) is 36.4 Å². The number of amides is 1. The zero-order chi connectivity index (χ0) is 22.5. The van der Waals surface area contributed by atoms with Gasteiger partial charge in [-0.2, -0.15) is 0 Å². The van der Waals surface area contributed by atoms with Crippen molar-refractivity contribution in [2.75, 3.05) is 18.1 Å². The van der Waals surface area contributed by atoms with Gasteiger partial charge in [-0.25, -0.2) is 8.42 Å². The number of rotatable bonds is 5. The largest absolute Gasteiger partial charge is 0.494 e. The molecule has 1 saturated heterocycles. The van der Waals surface area contributed by atoms with Crippen molar-refractivity contribution in [3.05, 3.63) is 75.6 Å². The number of carbonyl (C=O) groups is 1. The summed E-state index contributed by atoms with van der Waals surface area (Å²) in [5.74, 6) is 0.156. The summed E-state index contributed by atoms with van der Waals surface area (Å²) < 4.78 is 35.9. The standard InChI is InChI=1S/C24H23NO6S/c1-2-12-30-17-9-7-15(8-10-17)21-20-22(26)18-5-3-4-6-19(18)31-23(20)24(27)25(21)16-11-13-32(28,29)14-16/h3-10,16,21H,2,11-14H2,1H3/t16-,21-/m1/s1. The molecule has 3 heterocycles. The molecule has 3 aromatic rings. The van der Waals surface area contributed by atoms with Gasteiger partial charge < -0.3 is 14.1 Å². The second kappa shape index (κ2) is 7.78. The van der Waals surface area contributed by atoms with E-state index in [0.29, 0.717) is 35.3 Å². The fraction of sp³-hybridized carbons (Fsp3) is 0.333. The maximum absolute atomic E-state index is 13.5. The van der Waals surface area contributed by atoms with Crippen LogP contribution in [-0.2, 0) is 9.84 Å². The topological polar surface area (TPSA) is 93.9 Å². The van der Waals surface area contributed by atoms with E-state index in [2.05, 4.69) is 0 Å². The molecular formula is C24H23NO6S. The first-order valence-corrected chi connectivity index (χ1v) is 12.5. The Labute approximate surface area is 185 Å². The molecule has 0 N–H and O–H groups in total. The molecule has 7 nitrogen and oxygen atoms in total. The van der Waals surface area contributed by atoms with Crippen LogP contribution in [0.15, 0.2) is 57.7 Å². The van der Waals surface area contributed by atoms with Crippen LogP contribution in [0.2, 0.25) is 0 Å². The Morgan fingerprint density at radius 2 is 1.84 bits per heavy atom. The Bertz CT molecular complexity index is 1360. The van der Waals surface area contributed by atoms with Crippen molar-refractivity contribution in [3.8, 4) is 5.75 Å². The van der Waals surface area contributed by atoms with E-state index in [0.717, 1.165) is 6.42 Å². The summed E-state index contributed by atoms with van der Waals surface area (Å²) in [6, 6.07) is 12.8. The van der Waals surface area contributed by atoms with E-state index >= 15 is 0 Å². The molecule has 0 saturated carbocycles. The minimum atomic E-state index is -3.24. The Balaban J connectivity index is 1.66. The van der Waals surface area contributed by atoms with Crippen LogP contribution in [0.25, 0.3) is 11.0 Å². The SMILES string of the molecule is CCCOc1ccc([C@@H]2c3c(oc4ccccc4c3=O)C(=O)N2[C@@H]2CCS(=O)(=O)C2)cc1. The van der Waals surface area contributed by atoms with Crippen molar-refractivity contribution < 1.29 is 22.4 Å². The van der Waals surface area contributed by atoms with Gasteiger partial charge in [0.15, 0.2) is 15.3 Å². The highest BCUT2D eigenvalue weighted by atomic mass is 32.2. The number of carbonyl (C=O) groups excluding carboxylic acids is 1. The number of ether oxygens (including phenoxy) is 1. The van der Waals surface area contributed by atoms with Gasteiger partial charge in [-0.05, 0) is 42.7 Å². The van der Waals surface area contributed by atoms with Crippen molar-refractivity contribution in [3.63, 3.8) is 0 Å². The van der Waals surface area contributed by atoms with Gasteiger partial charge in [-0.1, -0.05) is 31.2 Å². The molecule has 1 amide bonds. The molecule has 8 heteroatoms. The van der Waals surface area contributed by atoms with E-state index < -0.39 is 27.8 Å². The average Bonchev–Trinajstić information content (AvgIpc) is 3.29. The van der Waals surface area contributed by atoms with Crippen LogP contribution in [0.4, 0.5) is 0 Å². The summed E-state index contributed by atoms with van der Waals surface area (Å²) in [6.07, 6.45) is 1.22. The number of fused-ring (bicyclic) bond motifs is 2. The summed E-state index contributed by atoms with van der Waals surface area (Å²) in [6.45, 7) is 2.61. The lowest BCUT2D eigenvalue weighted by Gasteiger charge is -2.30. The molecule has 0 aliphatic carbocycles. The van der Waals surface area contributed by atoms with Crippen LogP contribution >= 0.6 is 0 Å². The van der Waals surface area contributed by atoms with Crippen LogP contribution in [0.1, 0.15) is 47.5 Å². The Kier molecular flexibility index (Phi) is 5.04. The normalized spacial score (nSPS) is 21.8. The quantitative estimate of drug-likeness (QED) is 0.588. The van der Waals surface area contributed by atoms with Crippen LogP contribution in [-0.4, -0.2) is 43.4 Å². The van der Waals surface area contributed by atoms with Gasteiger partial charge in [0, 0.05) is 6.04 Å². The fourth-order valence-corrected chi connectivity index (χ4v) is 6.31. The molecule has 2 atom stereocenters. The van der Waals surface area contributed by atoms with Gasteiger partial charge in [-0.15, -0.1) is 0 Å². The van der Waals surface area contributed by atoms with Gasteiger partial charge in [0.2, 0.25) is 5.76 Å². The number of benzene rings is 2. The minimum absolute atomic E-state index is 0.00527. The molecule has 166 valence electrons. The van der Waals surface area contributed by atoms with Crippen LogP contribution in [0.5, 0.6) is 5.75 Å². The number of sulfone groups is 1. The first-order valence-electron chi connectivity index (χ1n) is 10.7. The first kappa shape index (κ1) is 20.8. The van der Waals surface area contributed by atoms with E-state index in [1.807, 2.05) is 19.1 Å². The van der Waals surface area contributed by atoms with Crippen molar-refractivity contribution in [2.24, 2.45) is 0 Å². The third kappa shape index (κ3) is 3.39. The lowest BCUT2D eigenvalue weighted by atomic mass is 9.97. The van der Waals surface area contributed by atoms with Gasteiger partial charge in [0.1, 0.15) is 11.3 Å². The summed E-state index contributed by atoms with van der Waals surface area (Å²) in [7, 11) is -3.24. The maximum atomic E-state index is 13.5. The summed E-state index contributed by atoms with van der Waals surface area (Å²) in [5.41, 5.74) is 1.05. The average molecular weight is 454 g/mol. The van der Waals surface area contributed by atoms with Gasteiger partial charge >= 0.3 is 0 Å². The van der Waals surface area contributed by atoms with Crippen molar-refractivity contribution in [1.82, 2.24) is 4.90 Å². The molecule has 0 unspecified atom stereocenters. The zero-order valence-corrected chi connectivity index (χ0v) is 18.4. The number of hydrogen-bond acceptors (Lipinski definition) is 6. The first-order chi connectivity index (χ1) is 15.4. The maximum Gasteiger partial charge on any atom is 0.291 e. The molecule has 2 aliphatic rings. The van der Waals surface area contributed by atoms with Crippen LogP contribution < -0.4 is 10.2 Å². The second-order valence-corrected chi connectivity index (χ2v) is 10.5. The smallest absolute Gasteiger partial charge is 0.291 e. The van der Waals surface area contributed by atoms with Crippen molar-refractivity contribution in [2.45, 2.75) is 31.8 Å². The molecule has 0 spiro atoms. The summed E-state index contributed by atoms with van der Waals surface area (Å²) in [4.78, 5) is 28.4. The highest BCUT2D eigenvalue weighted by molar-refractivity contribution is 7.91. The van der Waals surface area contributed by atoms with Crippen LogP contribution in [0, 0.1) is 0 Å². The molecule has 2 aliphatic heterocycles. The summed E-state index contributed by atoms with van der Waals surface area (Å²) in [5, 5.41) is 0.396. The lowest BCUT2D eigenvalue weighted by molar-refractivity contribution is 0.0662. The molecule has 1 fully saturated rings. The predicted octanol–water partition coefficient (Wildman–Crippen LogP) is 3.31. The molecule has 0 bridgehead atoms. The van der Waals surface area contributed by atoms with E-state index in [9.17, 15) is 18.0 Å². The minimum Gasteiger partial charge on any atom is -0.494 e. The number of nitrogens with zero attached hydrogens (tertiary/aromatic N) is 1. The Hall–Kier alpha value is -3.13. The van der Waals surface area contributed by atoms with Crippen LogP contribution in [0.3, 0.4) is 0 Å².